The van der Waals surface area contributed by atoms with E-state index in [1.807, 2.05) is 0 Å². The summed E-state index contributed by atoms with van der Waals surface area (Å²) in [5.74, 6) is 0.601. The molecule has 0 radical (unpaired) electrons. The minimum absolute atomic E-state index is 0.601. The number of hydrogen-bond donors (Lipinski definition) is 1. The zero-order valence-electron chi connectivity index (χ0n) is 7.76. The molecule has 0 unspecified atom stereocenters. The molecule has 1 aromatic rings. The molecule has 4 nitrogen and oxygen atoms in total. The third-order valence-electron chi connectivity index (χ3n) is 1.73. The Hall–Kier alpha value is -1.19. The van der Waals surface area contributed by atoms with Gasteiger partial charge in [-0.3, -0.25) is 0 Å². The first-order valence-electron chi connectivity index (χ1n) is 4.22. The fourth-order valence-electron chi connectivity index (χ4n) is 1.04. The SMILES string of the molecule is CCc1nnc(NC)nc1CC. The molecule has 0 amide bonds. The van der Waals surface area contributed by atoms with Gasteiger partial charge >= 0.3 is 0 Å². The molecule has 0 saturated carbocycles. The number of nitrogens with one attached hydrogen (secondary N) is 1. The predicted molar refractivity (Wildman–Crippen MR) is 48.1 cm³/mol. The zero-order valence-corrected chi connectivity index (χ0v) is 7.76. The summed E-state index contributed by atoms with van der Waals surface area (Å²) in [7, 11) is 1.79. The van der Waals surface area contributed by atoms with Crippen molar-refractivity contribution in [2.24, 2.45) is 0 Å². The van der Waals surface area contributed by atoms with Crippen LogP contribution in [0, 0.1) is 0 Å². The highest BCUT2D eigenvalue weighted by Crippen LogP contribution is 2.05. The van der Waals surface area contributed by atoms with E-state index in [1.54, 1.807) is 7.05 Å². The van der Waals surface area contributed by atoms with Gasteiger partial charge in [0.05, 0.1) is 11.4 Å². The van der Waals surface area contributed by atoms with Crippen molar-refractivity contribution in [1.29, 1.82) is 0 Å². The van der Waals surface area contributed by atoms with E-state index < -0.39 is 0 Å². The number of aryl methyl sites for hydroxylation is 2. The van der Waals surface area contributed by atoms with E-state index in [0.717, 1.165) is 24.2 Å². The molecule has 1 aromatic heterocycles. The summed E-state index contributed by atoms with van der Waals surface area (Å²) >= 11 is 0. The van der Waals surface area contributed by atoms with E-state index >= 15 is 0 Å². The number of nitrogens with zero attached hydrogens (tertiary/aromatic N) is 3. The summed E-state index contributed by atoms with van der Waals surface area (Å²) in [6, 6.07) is 0. The third kappa shape index (κ3) is 1.69. The normalized spacial score (nSPS) is 9.92. The van der Waals surface area contributed by atoms with Crippen LogP contribution in [0.15, 0.2) is 0 Å². The lowest BCUT2D eigenvalue weighted by Gasteiger charge is -2.03. The monoisotopic (exact) mass is 166 g/mol. The Kier molecular flexibility index (Phi) is 2.96. The Balaban J connectivity index is 3.02. The van der Waals surface area contributed by atoms with Crippen molar-refractivity contribution < 1.29 is 0 Å². The first-order chi connectivity index (χ1) is 5.81. The number of rotatable bonds is 3. The standard InChI is InChI=1S/C8H14N4/c1-4-6-7(5-2)11-12-8(9-3)10-6/h4-5H2,1-3H3,(H,9,10,12). The van der Waals surface area contributed by atoms with E-state index in [-0.39, 0.29) is 0 Å². The molecule has 0 atom stereocenters. The van der Waals surface area contributed by atoms with E-state index in [4.69, 9.17) is 0 Å². The van der Waals surface area contributed by atoms with Crippen molar-refractivity contribution in [2.75, 3.05) is 12.4 Å². The molecule has 4 heteroatoms. The van der Waals surface area contributed by atoms with E-state index in [2.05, 4.69) is 34.3 Å². The van der Waals surface area contributed by atoms with Gasteiger partial charge in [0.2, 0.25) is 5.95 Å². The first kappa shape index (κ1) is 8.90. The topological polar surface area (TPSA) is 50.7 Å². The van der Waals surface area contributed by atoms with Gasteiger partial charge in [-0.1, -0.05) is 13.8 Å². The average molecular weight is 166 g/mol. The van der Waals surface area contributed by atoms with Crippen LogP contribution in [0.1, 0.15) is 25.2 Å². The van der Waals surface area contributed by atoms with Crippen LogP contribution < -0.4 is 5.32 Å². The molecule has 1 rings (SSSR count). The molecule has 0 fully saturated rings. The summed E-state index contributed by atoms with van der Waals surface area (Å²) < 4.78 is 0. The van der Waals surface area contributed by atoms with Gasteiger partial charge in [-0.2, -0.15) is 5.10 Å². The molecule has 0 aromatic carbocycles. The van der Waals surface area contributed by atoms with E-state index in [1.165, 1.54) is 0 Å². The van der Waals surface area contributed by atoms with Gasteiger partial charge in [0.25, 0.3) is 0 Å². The second-order valence-electron chi connectivity index (χ2n) is 2.49. The molecule has 0 spiro atoms. The Bertz CT molecular complexity index is 259. The highest BCUT2D eigenvalue weighted by Gasteiger charge is 2.03. The summed E-state index contributed by atoms with van der Waals surface area (Å²) in [6.45, 7) is 4.13. The molecular formula is C8H14N4. The lowest BCUT2D eigenvalue weighted by molar-refractivity contribution is 0.827. The summed E-state index contributed by atoms with van der Waals surface area (Å²) in [5.41, 5.74) is 2.04. The average Bonchev–Trinajstić information content (AvgIpc) is 2.16. The molecule has 0 aliphatic rings. The molecule has 66 valence electrons. The number of anilines is 1. The molecule has 1 heterocycles. The third-order valence-corrected chi connectivity index (χ3v) is 1.73. The fourth-order valence-corrected chi connectivity index (χ4v) is 1.04. The number of aromatic nitrogens is 3. The Labute approximate surface area is 72.4 Å². The minimum Gasteiger partial charge on any atom is -0.356 e. The molecule has 0 bridgehead atoms. The van der Waals surface area contributed by atoms with Crippen molar-refractivity contribution in [3.8, 4) is 0 Å². The second-order valence-corrected chi connectivity index (χ2v) is 2.49. The highest BCUT2D eigenvalue weighted by molar-refractivity contribution is 5.24. The lowest BCUT2D eigenvalue weighted by Crippen LogP contribution is -2.06. The quantitative estimate of drug-likeness (QED) is 0.728. The molecule has 0 aliphatic carbocycles. The summed E-state index contributed by atoms with van der Waals surface area (Å²) in [4.78, 5) is 4.30. The van der Waals surface area contributed by atoms with Crippen LogP contribution in [0.25, 0.3) is 0 Å². The van der Waals surface area contributed by atoms with Crippen LogP contribution in [0.2, 0.25) is 0 Å². The van der Waals surface area contributed by atoms with Gasteiger partial charge in [0.15, 0.2) is 0 Å². The molecule has 1 N–H and O–H groups in total. The largest absolute Gasteiger partial charge is 0.356 e. The molecule has 0 saturated heterocycles. The maximum absolute atomic E-state index is 4.30. The van der Waals surface area contributed by atoms with Gasteiger partial charge in [-0.25, -0.2) is 4.98 Å². The van der Waals surface area contributed by atoms with Crippen LogP contribution in [0.5, 0.6) is 0 Å². The van der Waals surface area contributed by atoms with Crippen molar-refractivity contribution in [3.63, 3.8) is 0 Å². The number of hydrogen-bond acceptors (Lipinski definition) is 4. The smallest absolute Gasteiger partial charge is 0.242 e. The first-order valence-corrected chi connectivity index (χ1v) is 4.22. The molecular weight excluding hydrogens is 152 g/mol. The minimum atomic E-state index is 0.601. The maximum atomic E-state index is 4.30. The molecule has 12 heavy (non-hydrogen) atoms. The van der Waals surface area contributed by atoms with Gasteiger partial charge in [0, 0.05) is 7.05 Å². The lowest BCUT2D eigenvalue weighted by atomic mass is 10.2. The van der Waals surface area contributed by atoms with Gasteiger partial charge in [-0.15, -0.1) is 5.10 Å². The van der Waals surface area contributed by atoms with Crippen LogP contribution >= 0.6 is 0 Å². The van der Waals surface area contributed by atoms with Crippen molar-refractivity contribution in [1.82, 2.24) is 15.2 Å². The van der Waals surface area contributed by atoms with Gasteiger partial charge < -0.3 is 5.32 Å². The van der Waals surface area contributed by atoms with Crippen LogP contribution in [-0.4, -0.2) is 22.2 Å². The van der Waals surface area contributed by atoms with E-state index in [0.29, 0.717) is 5.95 Å². The Morgan fingerprint density at radius 3 is 2.25 bits per heavy atom. The summed E-state index contributed by atoms with van der Waals surface area (Å²) in [5, 5.41) is 10.8. The second kappa shape index (κ2) is 3.99. The van der Waals surface area contributed by atoms with Gasteiger partial charge in [0.1, 0.15) is 0 Å². The fraction of sp³-hybridized carbons (Fsp3) is 0.625. The van der Waals surface area contributed by atoms with Crippen LogP contribution in [0.3, 0.4) is 0 Å². The van der Waals surface area contributed by atoms with Crippen LogP contribution in [-0.2, 0) is 12.8 Å². The predicted octanol–water partition coefficient (Wildman–Crippen LogP) is 1.04. The summed E-state index contributed by atoms with van der Waals surface area (Å²) in [6.07, 6.45) is 1.81. The Morgan fingerprint density at radius 1 is 1.08 bits per heavy atom. The maximum Gasteiger partial charge on any atom is 0.242 e. The van der Waals surface area contributed by atoms with Crippen molar-refractivity contribution in [3.05, 3.63) is 11.4 Å². The van der Waals surface area contributed by atoms with Crippen molar-refractivity contribution >= 4 is 5.95 Å². The highest BCUT2D eigenvalue weighted by atomic mass is 15.2. The van der Waals surface area contributed by atoms with Gasteiger partial charge in [-0.05, 0) is 12.8 Å². The van der Waals surface area contributed by atoms with E-state index in [9.17, 15) is 0 Å². The van der Waals surface area contributed by atoms with Crippen LogP contribution in [0.4, 0.5) is 5.95 Å². The molecule has 0 aliphatic heterocycles. The Morgan fingerprint density at radius 2 is 1.75 bits per heavy atom. The zero-order chi connectivity index (χ0) is 8.97. The van der Waals surface area contributed by atoms with Crippen molar-refractivity contribution in [2.45, 2.75) is 26.7 Å².